The first kappa shape index (κ1) is 20.9. The molecule has 29 heavy (non-hydrogen) atoms. The Balaban J connectivity index is 1.89. The lowest BCUT2D eigenvalue weighted by molar-refractivity contribution is -0.382. The third-order valence-corrected chi connectivity index (χ3v) is 5.05. The van der Waals surface area contributed by atoms with E-state index < -0.39 is 27.7 Å². The number of halogens is 1. The summed E-state index contributed by atoms with van der Waals surface area (Å²) in [7, 11) is 0. The van der Waals surface area contributed by atoms with Crippen molar-refractivity contribution in [2.45, 2.75) is 45.1 Å². The number of amides is 1. The Hall–Kier alpha value is -2.81. The summed E-state index contributed by atoms with van der Waals surface area (Å²) < 4.78 is 11.1. The summed E-state index contributed by atoms with van der Waals surface area (Å²) in [4.78, 5) is 37.1. The van der Waals surface area contributed by atoms with Gasteiger partial charge in [-0.3, -0.25) is 14.9 Å². The number of carbonyl (C=O) groups is 1. The van der Waals surface area contributed by atoms with Crippen molar-refractivity contribution in [3.63, 3.8) is 0 Å². The first-order valence-electron chi connectivity index (χ1n) is 9.16. The first-order chi connectivity index (χ1) is 13.5. The molecule has 1 saturated heterocycles. The normalized spacial score (nSPS) is 15.5. The number of hydrogen-bond donors (Lipinski definition) is 1. The highest BCUT2D eigenvalue weighted by molar-refractivity contribution is 6.34. The molecule has 0 unspecified atom stereocenters. The summed E-state index contributed by atoms with van der Waals surface area (Å²) in [6.45, 7) is 6.24. The van der Waals surface area contributed by atoms with E-state index in [2.05, 4.69) is 0 Å². The Morgan fingerprint density at radius 2 is 1.97 bits per heavy atom. The average Bonchev–Trinajstić information content (AvgIpc) is 2.61. The molecule has 1 aromatic carbocycles. The van der Waals surface area contributed by atoms with E-state index in [0.717, 1.165) is 0 Å². The Bertz CT molecular complexity index is 1030. The maximum absolute atomic E-state index is 12.5. The quantitative estimate of drug-likeness (QED) is 0.438. The lowest BCUT2D eigenvalue weighted by atomic mass is 9.94. The molecule has 10 heteroatoms. The minimum Gasteiger partial charge on any atom is -0.453 e. The zero-order valence-corrected chi connectivity index (χ0v) is 17.1. The van der Waals surface area contributed by atoms with Gasteiger partial charge in [-0.05, 0) is 39.7 Å². The standard InChI is InChI=1S/C19H22ClN3O6/c1-19(2,3)29-18(25)22-6-4-10(5-7-22)14-9-13(24)11-8-12(20)15(21)16(23(26)27)17(11)28-14/h8-10H,4-7,21H2,1-3H3. The van der Waals surface area contributed by atoms with Gasteiger partial charge in [-0.15, -0.1) is 0 Å². The van der Waals surface area contributed by atoms with Crippen molar-refractivity contribution in [1.29, 1.82) is 0 Å². The molecule has 2 heterocycles. The lowest BCUT2D eigenvalue weighted by Crippen LogP contribution is -2.41. The topological polar surface area (TPSA) is 129 Å². The second-order valence-corrected chi connectivity index (χ2v) is 8.42. The number of anilines is 1. The molecule has 0 saturated carbocycles. The molecule has 1 fully saturated rings. The third kappa shape index (κ3) is 4.29. The van der Waals surface area contributed by atoms with Crippen LogP contribution in [0.1, 0.15) is 45.3 Å². The predicted molar refractivity (Wildman–Crippen MR) is 108 cm³/mol. The zero-order valence-electron chi connectivity index (χ0n) is 16.4. The molecule has 0 spiro atoms. The SMILES string of the molecule is CC(C)(C)OC(=O)N1CCC(c2cc(=O)c3cc(Cl)c(N)c([N+](=O)[O-])c3o2)CC1. The van der Waals surface area contributed by atoms with Gasteiger partial charge in [0.25, 0.3) is 0 Å². The maximum atomic E-state index is 12.5. The van der Waals surface area contributed by atoms with E-state index in [1.165, 1.54) is 12.1 Å². The van der Waals surface area contributed by atoms with Crippen LogP contribution >= 0.6 is 11.6 Å². The number of nitro benzene ring substituents is 1. The van der Waals surface area contributed by atoms with Crippen LogP contribution in [0, 0.1) is 10.1 Å². The fourth-order valence-corrected chi connectivity index (χ4v) is 3.53. The Morgan fingerprint density at radius 1 is 1.34 bits per heavy atom. The van der Waals surface area contributed by atoms with Gasteiger partial charge >= 0.3 is 11.8 Å². The molecule has 0 aliphatic carbocycles. The molecule has 2 N–H and O–H groups in total. The van der Waals surface area contributed by atoms with Crippen molar-refractivity contribution < 1.29 is 18.9 Å². The lowest BCUT2D eigenvalue weighted by Gasteiger charge is -2.33. The summed E-state index contributed by atoms with van der Waals surface area (Å²) in [5, 5.41) is 11.4. The highest BCUT2D eigenvalue weighted by Gasteiger charge is 2.30. The van der Waals surface area contributed by atoms with Gasteiger partial charge in [0.1, 0.15) is 17.0 Å². The number of nitrogen functional groups attached to an aromatic ring is 1. The number of carbonyl (C=O) groups excluding carboxylic acids is 1. The van der Waals surface area contributed by atoms with Gasteiger partial charge in [0, 0.05) is 25.1 Å². The number of benzene rings is 1. The van der Waals surface area contributed by atoms with E-state index in [-0.39, 0.29) is 27.6 Å². The molecule has 156 valence electrons. The average molecular weight is 424 g/mol. The number of nitrogens with two attached hydrogens (primary N) is 1. The van der Waals surface area contributed by atoms with Gasteiger partial charge in [0.05, 0.1) is 15.3 Å². The smallest absolute Gasteiger partial charge is 0.410 e. The van der Waals surface area contributed by atoms with E-state index >= 15 is 0 Å². The number of piperidine rings is 1. The van der Waals surface area contributed by atoms with Crippen LogP contribution in [0.25, 0.3) is 11.0 Å². The molecule has 0 atom stereocenters. The van der Waals surface area contributed by atoms with Crippen molar-refractivity contribution in [3.05, 3.63) is 43.3 Å². The van der Waals surface area contributed by atoms with E-state index in [1.807, 2.05) is 0 Å². The summed E-state index contributed by atoms with van der Waals surface area (Å²) in [6, 6.07) is 2.60. The molecule has 0 radical (unpaired) electrons. The summed E-state index contributed by atoms with van der Waals surface area (Å²) in [5.41, 5.74) is 3.77. The van der Waals surface area contributed by atoms with Gasteiger partial charge in [-0.1, -0.05) is 11.6 Å². The molecule has 1 amide bonds. The van der Waals surface area contributed by atoms with Crippen LogP contribution in [0.4, 0.5) is 16.2 Å². The minimum absolute atomic E-state index is 0.00541. The molecule has 0 bridgehead atoms. The van der Waals surface area contributed by atoms with Crippen molar-refractivity contribution >= 4 is 40.0 Å². The van der Waals surface area contributed by atoms with Crippen LogP contribution < -0.4 is 11.2 Å². The molecule has 3 rings (SSSR count). The molecular formula is C19H22ClN3O6. The predicted octanol–water partition coefficient (Wildman–Crippen LogP) is 4.05. The number of rotatable bonds is 2. The van der Waals surface area contributed by atoms with Gasteiger partial charge in [0.2, 0.25) is 5.58 Å². The van der Waals surface area contributed by atoms with Crippen LogP contribution in [0.5, 0.6) is 0 Å². The van der Waals surface area contributed by atoms with E-state index in [0.29, 0.717) is 31.7 Å². The highest BCUT2D eigenvalue weighted by Crippen LogP contribution is 2.38. The van der Waals surface area contributed by atoms with E-state index in [9.17, 15) is 19.7 Å². The number of fused-ring (bicyclic) bond motifs is 1. The van der Waals surface area contributed by atoms with Crippen LogP contribution in [0.2, 0.25) is 5.02 Å². The Labute approximate surface area is 171 Å². The number of nitrogens with zero attached hydrogens (tertiary/aromatic N) is 2. The summed E-state index contributed by atoms with van der Waals surface area (Å²) >= 11 is 5.93. The monoisotopic (exact) mass is 423 g/mol. The Kier molecular flexibility index (Phi) is 5.44. The van der Waals surface area contributed by atoms with E-state index in [4.69, 9.17) is 26.5 Å². The second-order valence-electron chi connectivity index (χ2n) is 8.01. The molecule has 9 nitrogen and oxygen atoms in total. The van der Waals surface area contributed by atoms with Crippen molar-refractivity contribution in [3.8, 4) is 0 Å². The summed E-state index contributed by atoms with van der Waals surface area (Å²) in [5.74, 6) is 0.165. The molecule has 1 aromatic heterocycles. The Morgan fingerprint density at radius 3 is 2.52 bits per heavy atom. The highest BCUT2D eigenvalue weighted by atomic mass is 35.5. The number of hydrogen-bond acceptors (Lipinski definition) is 7. The van der Waals surface area contributed by atoms with Gasteiger partial charge in [-0.25, -0.2) is 4.79 Å². The summed E-state index contributed by atoms with van der Waals surface area (Å²) in [6.07, 6.45) is 0.670. The van der Waals surface area contributed by atoms with Crippen molar-refractivity contribution in [2.24, 2.45) is 0 Å². The van der Waals surface area contributed by atoms with Gasteiger partial charge in [-0.2, -0.15) is 0 Å². The molecule has 1 aliphatic heterocycles. The van der Waals surface area contributed by atoms with Crippen molar-refractivity contribution in [2.75, 3.05) is 18.8 Å². The van der Waals surface area contributed by atoms with E-state index in [1.54, 1.807) is 25.7 Å². The molecule has 2 aromatic rings. The third-order valence-electron chi connectivity index (χ3n) is 4.73. The van der Waals surface area contributed by atoms with Crippen LogP contribution in [-0.4, -0.2) is 34.6 Å². The number of likely N-dealkylation sites (tertiary alicyclic amines) is 1. The molecule has 1 aliphatic rings. The van der Waals surface area contributed by atoms with Crippen LogP contribution in [0.15, 0.2) is 21.3 Å². The number of nitro groups is 1. The maximum Gasteiger partial charge on any atom is 0.410 e. The fourth-order valence-electron chi connectivity index (χ4n) is 3.33. The first-order valence-corrected chi connectivity index (χ1v) is 9.54. The molecular weight excluding hydrogens is 402 g/mol. The zero-order chi connectivity index (χ0) is 21.5. The fraction of sp³-hybridized carbons (Fsp3) is 0.474. The minimum atomic E-state index is -0.707. The second kappa shape index (κ2) is 7.55. The van der Waals surface area contributed by atoms with Crippen LogP contribution in [0.3, 0.4) is 0 Å². The number of ether oxygens (including phenoxy) is 1. The van der Waals surface area contributed by atoms with Gasteiger partial charge < -0.3 is 19.8 Å². The largest absolute Gasteiger partial charge is 0.453 e. The van der Waals surface area contributed by atoms with Gasteiger partial charge in [0.15, 0.2) is 5.43 Å². The van der Waals surface area contributed by atoms with Crippen molar-refractivity contribution in [1.82, 2.24) is 4.90 Å². The van der Waals surface area contributed by atoms with Crippen LogP contribution in [-0.2, 0) is 4.74 Å².